The van der Waals surface area contributed by atoms with Crippen molar-refractivity contribution in [2.24, 2.45) is 0 Å². The SMILES string of the molecule is Cc1cc(Br)ccc1SCC(=O)Nc1ccccc1-n1ncc2c(=O)[nH]cnc21. The number of hydrogen-bond donors (Lipinski definition) is 2. The zero-order valence-electron chi connectivity index (χ0n) is 15.3. The van der Waals surface area contributed by atoms with Crippen molar-refractivity contribution < 1.29 is 4.79 Å². The predicted octanol–water partition coefficient (Wildman–Crippen LogP) is 3.91. The number of carbonyl (C=O) groups excluding carboxylic acids is 1. The monoisotopic (exact) mass is 469 g/mol. The molecule has 0 fully saturated rings. The maximum Gasteiger partial charge on any atom is 0.261 e. The second-order valence-electron chi connectivity index (χ2n) is 6.29. The maximum absolute atomic E-state index is 12.6. The lowest BCUT2D eigenvalue weighted by molar-refractivity contribution is -0.113. The number of para-hydroxylation sites is 2. The summed E-state index contributed by atoms with van der Waals surface area (Å²) in [4.78, 5) is 32.3. The number of H-pyrrole nitrogens is 1. The van der Waals surface area contributed by atoms with E-state index in [0.29, 0.717) is 22.4 Å². The van der Waals surface area contributed by atoms with Gasteiger partial charge in [0.2, 0.25) is 5.91 Å². The average molecular weight is 470 g/mol. The zero-order chi connectivity index (χ0) is 20.4. The van der Waals surface area contributed by atoms with Crippen LogP contribution in [0.1, 0.15) is 5.56 Å². The highest BCUT2D eigenvalue weighted by molar-refractivity contribution is 9.10. The van der Waals surface area contributed by atoms with Crippen LogP contribution in [0.4, 0.5) is 5.69 Å². The number of benzene rings is 2. The van der Waals surface area contributed by atoms with Crippen LogP contribution in [0.25, 0.3) is 16.7 Å². The van der Waals surface area contributed by atoms with Crippen LogP contribution in [-0.2, 0) is 4.79 Å². The molecule has 0 aliphatic rings. The van der Waals surface area contributed by atoms with Crippen molar-refractivity contribution >= 4 is 50.3 Å². The Morgan fingerprint density at radius 2 is 2.10 bits per heavy atom. The molecule has 0 radical (unpaired) electrons. The number of aromatic nitrogens is 4. The minimum atomic E-state index is -0.260. The van der Waals surface area contributed by atoms with Gasteiger partial charge in [-0.15, -0.1) is 11.8 Å². The molecule has 0 saturated carbocycles. The topological polar surface area (TPSA) is 92.7 Å². The molecule has 146 valence electrons. The average Bonchev–Trinajstić information content (AvgIpc) is 3.13. The quantitative estimate of drug-likeness (QED) is 0.432. The number of fused-ring (bicyclic) bond motifs is 1. The maximum atomic E-state index is 12.6. The number of thioether (sulfide) groups is 1. The molecule has 2 heterocycles. The van der Waals surface area contributed by atoms with Gasteiger partial charge >= 0.3 is 0 Å². The summed E-state index contributed by atoms with van der Waals surface area (Å²) in [5.74, 6) is 0.140. The van der Waals surface area contributed by atoms with E-state index in [1.54, 1.807) is 10.7 Å². The van der Waals surface area contributed by atoms with Gasteiger partial charge in [0.15, 0.2) is 5.65 Å². The van der Waals surface area contributed by atoms with Gasteiger partial charge in [-0.3, -0.25) is 9.59 Å². The lowest BCUT2D eigenvalue weighted by atomic mass is 10.2. The minimum Gasteiger partial charge on any atom is -0.323 e. The standard InChI is InChI=1S/C20H16BrN5O2S/c1-12-8-13(21)6-7-17(12)29-10-18(27)25-15-4-2-3-5-16(15)26-19-14(9-24-26)20(28)23-11-22-19/h2-9,11H,10H2,1H3,(H,25,27)(H,22,23,28). The normalized spacial score (nSPS) is 11.0. The van der Waals surface area contributed by atoms with Crippen LogP contribution in [0.3, 0.4) is 0 Å². The smallest absolute Gasteiger partial charge is 0.261 e. The Hall–Kier alpha value is -2.91. The van der Waals surface area contributed by atoms with Crippen molar-refractivity contribution in [2.75, 3.05) is 11.1 Å². The summed E-state index contributed by atoms with van der Waals surface area (Å²) >= 11 is 4.92. The summed E-state index contributed by atoms with van der Waals surface area (Å²) in [5, 5.41) is 7.60. The van der Waals surface area contributed by atoms with Crippen LogP contribution in [-0.4, -0.2) is 31.4 Å². The fourth-order valence-electron chi connectivity index (χ4n) is 2.90. The Morgan fingerprint density at radius 3 is 2.93 bits per heavy atom. The van der Waals surface area contributed by atoms with Crippen molar-refractivity contribution in [1.82, 2.24) is 19.7 Å². The molecule has 2 N–H and O–H groups in total. The van der Waals surface area contributed by atoms with Gasteiger partial charge in [-0.2, -0.15) is 5.10 Å². The van der Waals surface area contributed by atoms with E-state index in [4.69, 9.17) is 0 Å². The summed E-state index contributed by atoms with van der Waals surface area (Å²) in [5.41, 5.74) is 2.51. The van der Waals surface area contributed by atoms with Gasteiger partial charge in [0, 0.05) is 9.37 Å². The summed E-state index contributed by atoms with van der Waals surface area (Å²) in [7, 11) is 0. The van der Waals surface area contributed by atoms with E-state index in [1.165, 1.54) is 24.3 Å². The third-order valence-electron chi connectivity index (χ3n) is 4.27. The number of amides is 1. The Bertz CT molecular complexity index is 1270. The molecule has 0 spiro atoms. The molecule has 2 aromatic carbocycles. The first-order valence-electron chi connectivity index (χ1n) is 8.72. The van der Waals surface area contributed by atoms with Gasteiger partial charge < -0.3 is 10.3 Å². The molecule has 29 heavy (non-hydrogen) atoms. The molecule has 2 aromatic heterocycles. The summed E-state index contributed by atoms with van der Waals surface area (Å²) < 4.78 is 2.56. The van der Waals surface area contributed by atoms with Gasteiger partial charge in [0.1, 0.15) is 5.39 Å². The Kier molecular flexibility index (Phi) is 5.50. The van der Waals surface area contributed by atoms with E-state index in [0.717, 1.165) is 14.9 Å². The summed E-state index contributed by atoms with van der Waals surface area (Å²) in [6.07, 6.45) is 2.80. The molecule has 0 aliphatic carbocycles. The molecule has 0 unspecified atom stereocenters. The second kappa shape index (κ2) is 8.22. The van der Waals surface area contributed by atoms with E-state index in [2.05, 4.69) is 36.3 Å². The number of hydrogen-bond acceptors (Lipinski definition) is 5. The van der Waals surface area contributed by atoms with Crippen LogP contribution < -0.4 is 10.9 Å². The molecule has 0 bridgehead atoms. The predicted molar refractivity (Wildman–Crippen MR) is 118 cm³/mol. The van der Waals surface area contributed by atoms with Gasteiger partial charge in [-0.1, -0.05) is 28.1 Å². The highest BCUT2D eigenvalue weighted by Crippen LogP contribution is 2.26. The van der Waals surface area contributed by atoms with Crippen LogP contribution in [0.2, 0.25) is 0 Å². The third kappa shape index (κ3) is 4.10. The van der Waals surface area contributed by atoms with Gasteiger partial charge in [-0.25, -0.2) is 9.67 Å². The van der Waals surface area contributed by atoms with Crippen molar-refractivity contribution in [3.63, 3.8) is 0 Å². The molecule has 9 heteroatoms. The molecular formula is C20H16BrN5O2S. The van der Waals surface area contributed by atoms with Crippen LogP contribution >= 0.6 is 27.7 Å². The third-order valence-corrected chi connectivity index (χ3v) is 5.94. The number of nitrogens with one attached hydrogen (secondary N) is 2. The molecule has 4 aromatic rings. The van der Waals surface area contributed by atoms with Crippen LogP contribution in [0, 0.1) is 6.92 Å². The van der Waals surface area contributed by atoms with Crippen LogP contribution in [0.5, 0.6) is 0 Å². The highest BCUT2D eigenvalue weighted by Gasteiger charge is 2.14. The molecule has 4 rings (SSSR count). The molecular weight excluding hydrogens is 454 g/mol. The first-order valence-corrected chi connectivity index (χ1v) is 10.5. The Labute approximate surface area is 178 Å². The number of rotatable bonds is 5. The second-order valence-corrected chi connectivity index (χ2v) is 8.22. The largest absolute Gasteiger partial charge is 0.323 e. The first-order chi connectivity index (χ1) is 14.0. The summed E-state index contributed by atoms with van der Waals surface area (Å²) in [6.45, 7) is 2.01. The van der Waals surface area contributed by atoms with Crippen molar-refractivity contribution in [3.8, 4) is 5.69 Å². The summed E-state index contributed by atoms with van der Waals surface area (Å²) in [6, 6.07) is 13.3. The van der Waals surface area contributed by atoms with Gasteiger partial charge in [0.25, 0.3) is 5.56 Å². The molecule has 1 amide bonds. The fourth-order valence-corrected chi connectivity index (χ4v) is 4.19. The van der Waals surface area contributed by atoms with Gasteiger partial charge in [0.05, 0.1) is 29.7 Å². The number of halogens is 1. The minimum absolute atomic E-state index is 0.132. The lowest BCUT2D eigenvalue weighted by Gasteiger charge is -2.12. The van der Waals surface area contributed by atoms with Crippen molar-refractivity contribution in [2.45, 2.75) is 11.8 Å². The van der Waals surface area contributed by atoms with E-state index in [1.807, 2.05) is 43.3 Å². The number of nitrogens with zero attached hydrogens (tertiary/aromatic N) is 3. The number of anilines is 1. The molecule has 0 aliphatic heterocycles. The van der Waals surface area contributed by atoms with Gasteiger partial charge in [-0.05, 0) is 42.8 Å². The lowest BCUT2D eigenvalue weighted by Crippen LogP contribution is -2.16. The van der Waals surface area contributed by atoms with E-state index < -0.39 is 0 Å². The molecule has 0 atom stereocenters. The Morgan fingerprint density at radius 1 is 1.28 bits per heavy atom. The van der Waals surface area contributed by atoms with E-state index in [-0.39, 0.29) is 17.2 Å². The van der Waals surface area contributed by atoms with Crippen molar-refractivity contribution in [3.05, 3.63) is 75.4 Å². The number of aromatic amines is 1. The highest BCUT2D eigenvalue weighted by atomic mass is 79.9. The fraction of sp³-hybridized carbons (Fsp3) is 0.100. The molecule has 0 saturated heterocycles. The number of aryl methyl sites for hydroxylation is 1. The van der Waals surface area contributed by atoms with Crippen LogP contribution in [0.15, 0.2) is 69.2 Å². The molecule has 7 nitrogen and oxygen atoms in total. The number of carbonyl (C=O) groups is 1. The Balaban J connectivity index is 1.56. The van der Waals surface area contributed by atoms with Crippen molar-refractivity contribution in [1.29, 1.82) is 0 Å². The van der Waals surface area contributed by atoms with E-state index in [9.17, 15) is 9.59 Å². The zero-order valence-corrected chi connectivity index (χ0v) is 17.8. The first kappa shape index (κ1) is 19.4. The van der Waals surface area contributed by atoms with E-state index >= 15 is 0 Å².